The number of benzene rings is 1. The third-order valence-electron chi connectivity index (χ3n) is 4.10. The topological polar surface area (TPSA) is 84.0 Å². The molecule has 0 saturated carbocycles. The summed E-state index contributed by atoms with van der Waals surface area (Å²) >= 11 is 0. The lowest BCUT2D eigenvalue weighted by Gasteiger charge is -2.18. The predicted molar refractivity (Wildman–Crippen MR) is 103 cm³/mol. The van der Waals surface area contributed by atoms with Gasteiger partial charge in [0.05, 0.1) is 12.2 Å². The van der Waals surface area contributed by atoms with Crippen LogP contribution < -0.4 is 15.2 Å². The average molecular weight is 353 g/mol. The van der Waals surface area contributed by atoms with Gasteiger partial charge in [-0.25, -0.2) is 9.97 Å². The minimum Gasteiger partial charge on any atom is -0.493 e. The molecule has 1 N–H and O–H groups in total. The number of nitrogens with one attached hydrogen (secondary N) is 1. The smallest absolute Gasteiger partial charge is 0.262 e. The second-order valence-corrected chi connectivity index (χ2v) is 5.84. The number of hydrogen-bond acceptors (Lipinski definition) is 6. The maximum atomic E-state index is 12.5. The molecule has 0 aliphatic rings. The van der Waals surface area contributed by atoms with E-state index in [4.69, 9.17) is 4.74 Å². The monoisotopic (exact) mass is 353 g/mol. The van der Waals surface area contributed by atoms with Crippen LogP contribution >= 0.6 is 0 Å². The molecule has 26 heavy (non-hydrogen) atoms. The number of H-pyrrole nitrogens is 1. The summed E-state index contributed by atoms with van der Waals surface area (Å²) in [7, 11) is 0. The van der Waals surface area contributed by atoms with Crippen LogP contribution in [0.3, 0.4) is 0 Å². The molecule has 0 bridgehead atoms. The molecule has 0 amide bonds. The molecule has 3 aromatic rings. The molecular weight excluding hydrogens is 330 g/mol. The van der Waals surface area contributed by atoms with Gasteiger partial charge in [0.15, 0.2) is 5.65 Å². The van der Waals surface area contributed by atoms with Crippen molar-refractivity contribution in [2.24, 2.45) is 0 Å². The number of ether oxygens (including phenoxy) is 1. The lowest BCUT2D eigenvalue weighted by atomic mass is 10.2. The Morgan fingerprint density at radius 3 is 2.62 bits per heavy atom. The van der Waals surface area contributed by atoms with Crippen molar-refractivity contribution < 1.29 is 4.74 Å². The quantitative estimate of drug-likeness (QED) is 0.703. The number of anilines is 1. The number of aromatic amines is 1. The second-order valence-electron chi connectivity index (χ2n) is 5.84. The minimum absolute atomic E-state index is 0.263. The highest BCUT2D eigenvalue weighted by molar-refractivity contribution is 5.77. The fraction of sp³-hybridized carbons (Fsp3) is 0.368. The van der Waals surface area contributed by atoms with E-state index in [0.29, 0.717) is 35.2 Å². The summed E-state index contributed by atoms with van der Waals surface area (Å²) in [5.74, 6) is 1.70. The van der Waals surface area contributed by atoms with Crippen LogP contribution in [0.5, 0.6) is 5.75 Å². The van der Waals surface area contributed by atoms with Crippen molar-refractivity contribution in [2.45, 2.75) is 27.2 Å². The Hall–Kier alpha value is -2.96. The summed E-state index contributed by atoms with van der Waals surface area (Å²) in [5.41, 5.74) is 0.857. The van der Waals surface area contributed by atoms with Crippen LogP contribution in [0.4, 0.5) is 5.95 Å². The van der Waals surface area contributed by atoms with E-state index >= 15 is 0 Å². The Morgan fingerprint density at radius 1 is 1.12 bits per heavy atom. The number of fused-ring (bicyclic) bond motifs is 1. The summed E-state index contributed by atoms with van der Waals surface area (Å²) < 4.78 is 5.79. The molecule has 0 fully saturated rings. The molecule has 0 atom stereocenters. The van der Waals surface area contributed by atoms with Gasteiger partial charge in [0.1, 0.15) is 17.0 Å². The van der Waals surface area contributed by atoms with Crippen molar-refractivity contribution in [2.75, 3.05) is 24.6 Å². The zero-order valence-corrected chi connectivity index (χ0v) is 15.3. The van der Waals surface area contributed by atoms with Crippen molar-refractivity contribution in [3.63, 3.8) is 0 Å². The summed E-state index contributed by atoms with van der Waals surface area (Å²) in [6.07, 6.45) is 2.43. The molecular formula is C19H23N5O2. The standard InChI is InChI=1S/C19H23N5O2/c1-4-11-26-15-10-8-7-9-13(15)16-21-17-14(18(25)22-16)12-20-19(23-17)24(5-2)6-3/h7-10,12H,4-6,11H2,1-3H3,(H,20,21,22,23,25). The molecule has 7 nitrogen and oxygen atoms in total. The van der Waals surface area contributed by atoms with Gasteiger partial charge < -0.3 is 14.6 Å². The van der Waals surface area contributed by atoms with Crippen LogP contribution in [-0.4, -0.2) is 39.6 Å². The molecule has 0 unspecified atom stereocenters. The van der Waals surface area contributed by atoms with Gasteiger partial charge in [-0.1, -0.05) is 19.1 Å². The highest BCUT2D eigenvalue weighted by atomic mass is 16.5. The van der Waals surface area contributed by atoms with Crippen LogP contribution in [0, 0.1) is 0 Å². The van der Waals surface area contributed by atoms with E-state index in [-0.39, 0.29) is 5.56 Å². The van der Waals surface area contributed by atoms with E-state index in [1.807, 2.05) is 49.9 Å². The number of rotatable bonds is 7. The Labute approximate surface area is 152 Å². The van der Waals surface area contributed by atoms with Crippen LogP contribution in [-0.2, 0) is 0 Å². The fourth-order valence-corrected chi connectivity index (χ4v) is 2.70. The van der Waals surface area contributed by atoms with Crippen molar-refractivity contribution >= 4 is 17.0 Å². The Kier molecular flexibility index (Phi) is 5.46. The fourth-order valence-electron chi connectivity index (χ4n) is 2.70. The summed E-state index contributed by atoms with van der Waals surface area (Å²) in [5, 5.41) is 0.372. The van der Waals surface area contributed by atoms with Crippen molar-refractivity contribution in [1.29, 1.82) is 0 Å². The third-order valence-corrected chi connectivity index (χ3v) is 4.10. The molecule has 3 rings (SSSR count). The molecule has 7 heteroatoms. The Bertz CT molecular complexity index is 950. The maximum absolute atomic E-state index is 12.5. The van der Waals surface area contributed by atoms with Gasteiger partial charge in [-0.2, -0.15) is 4.98 Å². The number of aromatic nitrogens is 4. The zero-order valence-electron chi connectivity index (χ0n) is 15.3. The van der Waals surface area contributed by atoms with Gasteiger partial charge >= 0.3 is 0 Å². The summed E-state index contributed by atoms with van der Waals surface area (Å²) in [4.78, 5) is 30.7. The van der Waals surface area contributed by atoms with Gasteiger partial charge in [0.25, 0.3) is 5.56 Å². The first kappa shape index (κ1) is 17.8. The van der Waals surface area contributed by atoms with Crippen LogP contribution in [0.15, 0.2) is 35.3 Å². The first-order chi connectivity index (χ1) is 12.7. The van der Waals surface area contributed by atoms with Crippen LogP contribution in [0.25, 0.3) is 22.4 Å². The zero-order chi connectivity index (χ0) is 18.5. The van der Waals surface area contributed by atoms with Gasteiger partial charge in [-0.3, -0.25) is 4.79 Å². The normalized spacial score (nSPS) is 10.9. The van der Waals surface area contributed by atoms with Gasteiger partial charge in [-0.15, -0.1) is 0 Å². The van der Waals surface area contributed by atoms with Gasteiger partial charge in [-0.05, 0) is 32.4 Å². The van der Waals surface area contributed by atoms with Crippen molar-refractivity contribution in [1.82, 2.24) is 19.9 Å². The SMILES string of the molecule is CCCOc1ccccc1-c1nc2nc(N(CC)CC)ncc2c(=O)[nH]1. The lowest BCUT2D eigenvalue weighted by Crippen LogP contribution is -2.24. The average Bonchev–Trinajstić information content (AvgIpc) is 2.67. The predicted octanol–water partition coefficient (Wildman–Crippen LogP) is 3.02. The third kappa shape index (κ3) is 3.51. The van der Waals surface area contributed by atoms with Crippen molar-refractivity contribution in [3.8, 4) is 17.1 Å². The number of para-hydroxylation sites is 1. The van der Waals surface area contributed by atoms with E-state index in [9.17, 15) is 4.79 Å². The minimum atomic E-state index is -0.263. The largest absolute Gasteiger partial charge is 0.493 e. The van der Waals surface area contributed by atoms with Crippen molar-refractivity contribution in [3.05, 3.63) is 40.8 Å². The Morgan fingerprint density at radius 2 is 1.88 bits per heavy atom. The molecule has 2 heterocycles. The van der Waals surface area contributed by atoms with E-state index < -0.39 is 0 Å². The van der Waals surface area contributed by atoms with E-state index in [0.717, 1.165) is 25.1 Å². The van der Waals surface area contributed by atoms with Crippen LogP contribution in [0.2, 0.25) is 0 Å². The number of hydrogen-bond donors (Lipinski definition) is 1. The Balaban J connectivity index is 2.12. The van der Waals surface area contributed by atoms with Gasteiger partial charge in [0, 0.05) is 19.3 Å². The summed E-state index contributed by atoms with van der Waals surface area (Å²) in [6.45, 7) is 8.29. The maximum Gasteiger partial charge on any atom is 0.262 e. The highest BCUT2D eigenvalue weighted by Gasteiger charge is 2.14. The van der Waals surface area contributed by atoms with Gasteiger partial charge in [0.2, 0.25) is 5.95 Å². The van der Waals surface area contributed by atoms with E-state index in [2.05, 4.69) is 19.9 Å². The molecule has 136 valence electrons. The van der Waals surface area contributed by atoms with E-state index in [1.54, 1.807) is 0 Å². The number of nitrogens with zero attached hydrogens (tertiary/aromatic N) is 4. The molecule has 0 saturated heterocycles. The van der Waals surface area contributed by atoms with Crippen LogP contribution in [0.1, 0.15) is 27.2 Å². The molecule has 1 aromatic carbocycles. The second kappa shape index (κ2) is 7.95. The first-order valence-electron chi connectivity index (χ1n) is 8.92. The molecule has 0 aliphatic carbocycles. The van der Waals surface area contributed by atoms with E-state index in [1.165, 1.54) is 6.20 Å². The lowest BCUT2D eigenvalue weighted by molar-refractivity contribution is 0.318. The highest BCUT2D eigenvalue weighted by Crippen LogP contribution is 2.27. The molecule has 0 radical (unpaired) electrons. The summed E-state index contributed by atoms with van der Waals surface area (Å²) in [6, 6.07) is 7.53. The molecule has 2 aromatic heterocycles. The molecule has 0 spiro atoms. The first-order valence-corrected chi connectivity index (χ1v) is 8.92. The molecule has 0 aliphatic heterocycles.